The van der Waals surface area contributed by atoms with Gasteiger partial charge in [-0.15, -0.1) is 0 Å². The minimum absolute atomic E-state index is 0.0647. The van der Waals surface area contributed by atoms with Gasteiger partial charge in [-0.2, -0.15) is 0 Å². The minimum atomic E-state index is -0.751. The van der Waals surface area contributed by atoms with Gasteiger partial charge in [0.2, 0.25) is 5.91 Å². The molecule has 3 rings (SSSR count). The summed E-state index contributed by atoms with van der Waals surface area (Å²) in [5, 5.41) is 16.9. The van der Waals surface area contributed by atoms with E-state index in [1.807, 2.05) is 0 Å². The van der Waals surface area contributed by atoms with Crippen LogP contribution in [0.3, 0.4) is 0 Å². The number of benzene rings is 1. The Balaban J connectivity index is 1.61. The number of aryl methyl sites for hydroxylation is 1. The second kappa shape index (κ2) is 7.19. The number of hydrogen-bond donors (Lipinski definition) is 3. The maximum absolute atomic E-state index is 13.2. The number of amides is 1. The summed E-state index contributed by atoms with van der Waals surface area (Å²) in [6.07, 6.45) is 5.33. The Bertz CT molecular complexity index is 595. The molecule has 2 aliphatic rings. The molecule has 132 valence electrons. The molecule has 0 aliphatic heterocycles. The van der Waals surface area contributed by atoms with E-state index < -0.39 is 11.6 Å². The topological polar surface area (TPSA) is 61.4 Å². The van der Waals surface area contributed by atoms with Gasteiger partial charge in [0.05, 0.1) is 11.6 Å². The Morgan fingerprint density at radius 3 is 2.71 bits per heavy atom. The highest BCUT2D eigenvalue weighted by molar-refractivity contribution is 5.86. The van der Waals surface area contributed by atoms with Crippen LogP contribution in [0.4, 0.5) is 4.39 Å². The monoisotopic (exact) mass is 334 g/mol. The molecule has 0 radical (unpaired) electrons. The van der Waals surface area contributed by atoms with Crippen molar-refractivity contribution in [2.45, 2.75) is 57.1 Å². The Morgan fingerprint density at radius 2 is 2.08 bits per heavy atom. The number of nitrogens with one attached hydrogen (secondary N) is 2. The lowest BCUT2D eigenvalue weighted by atomic mass is 9.94. The molecule has 5 heteroatoms. The fraction of sp³-hybridized carbons (Fsp3) is 0.632. The lowest BCUT2D eigenvalue weighted by Gasteiger charge is -2.30. The van der Waals surface area contributed by atoms with Crippen molar-refractivity contribution in [2.75, 3.05) is 13.1 Å². The van der Waals surface area contributed by atoms with Gasteiger partial charge in [0.25, 0.3) is 0 Å². The van der Waals surface area contributed by atoms with Crippen LogP contribution >= 0.6 is 0 Å². The third kappa shape index (κ3) is 3.95. The zero-order valence-electron chi connectivity index (χ0n) is 14.3. The molecule has 1 aromatic carbocycles. The van der Waals surface area contributed by atoms with Gasteiger partial charge in [0.1, 0.15) is 5.82 Å². The standard InChI is InChI=1S/C19H27FN2O2/c1-13-10-15(20)6-7-16(13)17(23)12-22-19(8-2-3-9-19)18(24)21-11-14-4-5-14/h6-7,10,14,17,22-23H,2-5,8-9,11-12H2,1H3,(H,21,24). The van der Waals surface area contributed by atoms with Crippen LogP contribution < -0.4 is 10.6 Å². The molecule has 1 atom stereocenters. The third-order valence-corrected chi connectivity index (χ3v) is 5.36. The van der Waals surface area contributed by atoms with Gasteiger partial charge in [0.15, 0.2) is 0 Å². The maximum atomic E-state index is 13.2. The van der Waals surface area contributed by atoms with E-state index in [1.165, 1.54) is 25.0 Å². The predicted octanol–water partition coefficient (Wildman–Crippen LogP) is 2.60. The number of carbonyl (C=O) groups excluding carboxylic acids is 1. The molecular weight excluding hydrogens is 307 g/mol. The van der Waals surface area contributed by atoms with Crippen LogP contribution in [0.1, 0.15) is 55.8 Å². The molecule has 1 aromatic rings. The molecule has 1 amide bonds. The highest BCUT2D eigenvalue weighted by atomic mass is 19.1. The summed E-state index contributed by atoms with van der Waals surface area (Å²) in [5.41, 5.74) is 0.863. The Kier molecular flexibility index (Phi) is 5.21. The fourth-order valence-electron chi connectivity index (χ4n) is 3.61. The number of hydrogen-bond acceptors (Lipinski definition) is 3. The minimum Gasteiger partial charge on any atom is -0.387 e. The second-order valence-electron chi connectivity index (χ2n) is 7.34. The third-order valence-electron chi connectivity index (χ3n) is 5.36. The van der Waals surface area contributed by atoms with Gasteiger partial charge in [-0.05, 0) is 61.8 Å². The van der Waals surface area contributed by atoms with Crippen LogP contribution in [0.15, 0.2) is 18.2 Å². The molecular formula is C19H27FN2O2. The van der Waals surface area contributed by atoms with Crippen molar-refractivity contribution in [2.24, 2.45) is 5.92 Å². The van der Waals surface area contributed by atoms with Crippen molar-refractivity contribution in [1.82, 2.24) is 10.6 Å². The molecule has 3 N–H and O–H groups in total. The zero-order valence-corrected chi connectivity index (χ0v) is 14.3. The summed E-state index contributed by atoms with van der Waals surface area (Å²) < 4.78 is 13.2. The second-order valence-corrected chi connectivity index (χ2v) is 7.34. The van der Waals surface area contributed by atoms with Crippen molar-refractivity contribution >= 4 is 5.91 Å². The number of β-amino-alcohol motifs (C(OH)–C–C–N with tert-alkyl or cyclic N) is 1. The Morgan fingerprint density at radius 1 is 1.38 bits per heavy atom. The van der Waals surface area contributed by atoms with Gasteiger partial charge in [0, 0.05) is 13.1 Å². The first-order valence-corrected chi connectivity index (χ1v) is 8.98. The van der Waals surface area contributed by atoms with E-state index in [1.54, 1.807) is 13.0 Å². The van der Waals surface area contributed by atoms with E-state index in [4.69, 9.17) is 0 Å². The van der Waals surface area contributed by atoms with Crippen LogP contribution in [0, 0.1) is 18.7 Å². The predicted molar refractivity (Wildman–Crippen MR) is 91.0 cm³/mol. The molecule has 24 heavy (non-hydrogen) atoms. The van der Waals surface area contributed by atoms with E-state index >= 15 is 0 Å². The molecule has 0 spiro atoms. The van der Waals surface area contributed by atoms with Crippen LogP contribution in [0.2, 0.25) is 0 Å². The quantitative estimate of drug-likeness (QED) is 0.718. The largest absolute Gasteiger partial charge is 0.387 e. The molecule has 4 nitrogen and oxygen atoms in total. The smallest absolute Gasteiger partial charge is 0.240 e. The zero-order chi connectivity index (χ0) is 17.2. The molecule has 2 aliphatic carbocycles. The number of rotatable bonds is 7. The first kappa shape index (κ1) is 17.4. The van der Waals surface area contributed by atoms with E-state index in [0.717, 1.165) is 37.8 Å². The van der Waals surface area contributed by atoms with Gasteiger partial charge < -0.3 is 15.7 Å². The number of halogens is 1. The van der Waals surface area contributed by atoms with Gasteiger partial charge in [-0.3, -0.25) is 4.79 Å². The molecule has 0 heterocycles. The van der Waals surface area contributed by atoms with Crippen molar-refractivity contribution in [3.63, 3.8) is 0 Å². The first-order valence-electron chi connectivity index (χ1n) is 8.98. The van der Waals surface area contributed by atoms with E-state index in [0.29, 0.717) is 18.0 Å². The molecule has 1 unspecified atom stereocenters. The highest BCUT2D eigenvalue weighted by Crippen LogP contribution is 2.32. The summed E-state index contributed by atoms with van der Waals surface area (Å²) in [7, 11) is 0. The summed E-state index contributed by atoms with van der Waals surface area (Å²) >= 11 is 0. The first-order chi connectivity index (χ1) is 11.5. The lowest BCUT2D eigenvalue weighted by Crippen LogP contribution is -2.56. The fourth-order valence-corrected chi connectivity index (χ4v) is 3.61. The van der Waals surface area contributed by atoms with Crippen LogP contribution in [0.25, 0.3) is 0 Å². The normalized spacial score (nSPS) is 20.8. The molecule has 2 fully saturated rings. The van der Waals surface area contributed by atoms with Crippen molar-refractivity contribution in [1.29, 1.82) is 0 Å². The van der Waals surface area contributed by atoms with E-state index in [-0.39, 0.29) is 11.7 Å². The number of aliphatic hydroxyl groups excluding tert-OH is 1. The van der Waals surface area contributed by atoms with E-state index in [2.05, 4.69) is 10.6 Å². The van der Waals surface area contributed by atoms with Crippen molar-refractivity contribution in [3.8, 4) is 0 Å². The maximum Gasteiger partial charge on any atom is 0.240 e. The lowest BCUT2D eigenvalue weighted by molar-refractivity contribution is -0.127. The summed E-state index contributed by atoms with van der Waals surface area (Å²) in [6.45, 7) is 2.85. The van der Waals surface area contributed by atoms with Crippen LogP contribution in [-0.4, -0.2) is 29.6 Å². The Hall–Kier alpha value is -1.46. The highest BCUT2D eigenvalue weighted by Gasteiger charge is 2.41. The average molecular weight is 334 g/mol. The van der Waals surface area contributed by atoms with Gasteiger partial charge >= 0.3 is 0 Å². The van der Waals surface area contributed by atoms with Gasteiger partial charge in [-0.1, -0.05) is 18.9 Å². The SMILES string of the molecule is Cc1cc(F)ccc1C(O)CNC1(C(=O)NCC2CC2)CCCC1. The summed E-state index contributed by atoms with van der Waals surface area (Å²) in [6, 6.07) is 4.40. The Labute approximate surface area is 142 Å². The van der Waals surface area contributed by atoms with Crippen molar-refractivity contribution < 1.29 is 14.3 Å². The molecule has 0 bridgehead atoms. The summed E-state index contributed by atoms with van der Waals surface area (Å²) in [5.74, 6) is 0.415. The van der Waals surface area contributed by atoms with E-state index in [9.17, 15) is 14.3 Å². The van der Waals surface area contributed by atoms with Crippen LogP contribution in [-0.2, 0) is 4.79 Å². The van der Waals surface area contributed by atoms with Crippen molar-refractivity contribution in [3.05, 3.63) is 35.1 Å². The van der Waals surface area contributed by atoms with Gasteiger partial charge in [-0.25, -0.2) is 4.39 Å². The molecule has 0 aromatic heterocycles. The average Bonchev–Trinajstić information content (AvgIpc) is 3.26. The number of carbonyl (C=O) groups is 1. The number of aliphatic hydroxyl groups is 1. The molecule has 2 saturated carbocycles. The summed E-state index contributed by atoms with van der Waals surface area (Å²) in [4.78, 5) is 12.7. The molecule has 0 saturated heterocycles. The van der Waals surface area contributed by atoms with Crippen LogP contribution in [0.5, 0.6) is 0 Å².